The number of aromatic nitrogens is 2. The molecule has 0 radical (unpaired) electrons. The minimum Gasteiger partial charge on any atom is -0.368 e. The summed E-state index contributed by atoms with van der Waals surface area (Å²) in [5.41, 5.74) is 1.62. The number of hydrogen-bond donors (Lipinski definition) is 0. The fraction of sp³-hybridized carbons (Fsp3) is 0.360. The molecule has 172 valence electrons. The van der Waals surface area contributed by atoms with Crippen LogP contribution in [-0.4, -0.2) is 46.5 Å². The van der Waals surface area contributed by atoms with E-state index in [-0.39, 0.29) is 5.91 Å². The molecule has 0 saturated carbocycles. The van der Waals surface area contributed by atoms with Crippen LogP contribution in [0.5, 0.6) is 0 Å². The Bertz CT molecular complexity index is 1130. The summed E-state index contributed by atoms with van der Waals surface area (Å²) in [6, 6.07) is 15.7. The summed E-state index contributed by atoms with van der Waals surface area (Å²) >= 11 is 0. The molecule has 1 fully saturated rings. The van der Waals surface area contributed by atoms with Gasteiger partial charge in [-0.1, -0.05) is 36.4 Å². The molecular formula is C25H25F3N4O. The molecule has 33 heavy (non-hydrogen) atoms. The van der Waals surface area contributed by atoms with Crippen molar-refractivity contribution in [3.05, 3.63) is 83.4 Å². The molecule has 3 heterocycles. The van der Waals surface area contributed by atoms with Gasteiger partial charge in [-0.15, -0.1) is 0 Å². The Morgan fingerprint density at radius 3 is 2.45 bits per heavy atom. The first-order chi connectivity index (χ1) is 15.9. The smallest absolute Gasteiger partial charge is 0.368 e. The highest BCUT2D eigenvalue weighted by Gasteiger charge is 2.32. The SMILES string of the molecule is O=C(c1cn2c(n1)CC[C@H](c1ccccc1)C2)N1CCN(c2cccc(C(F)(F)F)c2)CC1. The average molecular weight is 454 g/mol. The molecule has 0 aliphatic carbocycles. The maximum atomic E-state index is 13.1. The van der Waals surface area contributed by atoms with Gasteiger partial charge in [-0.2, -0.15) is 13.2 Å². The van der Waals surface area contributed by atoms with Crippen molar-refractivity contribution in [3.63, 3.8) is 0 Å². The highest BCUT2D eigenvalue weighted by Crippen LogP contribution is 2.32. The first-order valence-electron chi connectivity index (χ1n) is 11.2. The quantitative estimate of drug-likeness (QED) is 0.581. The normalized spacial score (nSPS) is 18.8. The van der Waals surface area contributed by atoms with E-state index in [0.717, 1.165) is 31.3 Å². The fourth-order valence-electron chi connectivity index (χ4n) is 4.75. The van der Waals surface area contributed by atoms with Crippen LogP contribution in [0.25, 0.3) is 0 Å². The zero-order valence-electron chi connectivity index (χ0n) is 18.1. The standard InChI is InChI=1S/C25H25F3N4O/c26-25(27,28)20-7-4-8-21(15-20)30-11-13-31(14-12-30)24(33)22-17-32-16-19(9-10-23(32)29-22)18-5-2-1-3-6-18/h1-8,15,17,19H,9-14,16H2/t19-/m0/s1. The maximum absolute atomic E-state index is 13.1. The predicted molar refractivity (Wildman–Crippen MR) is 119 cm³/mol. The van der Waals surface area contributed by atoms with Crippen LogP contribution in [0.4, 0.5) is 18.9 Å². The van der Waals surface area contributed by atoms with Gasteiger partial charge in [-0.3, -0.25) is 4.79 Å². The zero-order valence-corrected chi connectivity index (χ0v) is 18.1. The molecule has 5 rings (SSSR count). The van der Waals surface area contributed by atoms with Gasteiger partial charge >= 0.3 is 6.18 Å². The van der Waals surface area contributed by atoms with Crippen molar-refractivity contribution >= 4 is 11.6 Å². The number of amides is 1. The molecule has 0 unspecified atom stereocenters. The van der Waals surface area contributed by atoms with Gasteiger partial charge in [0.25, 0.3) is 5.91 Å². The highest BCUT2D eigenvalue weighted by molar-refractivity contribution is 5.92. The number of halogens is 3. The van der Waals surface area contributed by atoms with E-state index in [1.807, 2.05) is 29.3 Å². The number of carbonyl (C=O) groups excluding carboxylic acids is 1. The van der Waals surface area contributed by atoms with Crippen molar-refractivity contribution in [1.82, 2.24) is 14.5 Å². The Labute approximate surface area is 190 Å². The summed E-state index contributed by atoms with van der Waals surface area (Å²) < 4.78 is 41.2. The number of rotatable bonds is 3. The Kier molecular flexibility index (Phi) is 5.60. The van der Waals surface area contributed by atoms with Gasteiger partial charge in [-0.05, 0) is 30.2 Å². The number of hydrogen-bond acceptors (Lipinski definition) is 3. The van der Waals surface area contributed by atoms with Crippen LogP contribution in [0, 0.1) is 0 Å². The maximum Gasteiger partial charge on any atom is 0.416 e. The van der Waals surface area contributed by atoms with Crippen molar-refractivity contribution in [2.24, 2.45) is 0 Å². The molecule has 1 aromatic heterocycles. The van der Waals surface area contributed by atoms with Gasteiger partial charge in [0.2, 0.25) is 0 Å². The molecule has 0 spiro atoms. The van der Waals surface area contributed by atoms with Crippen LogP contribution in [-0.2, 0) is 19.1 Å². The lowest BCUT2D eigenvalue weighted by molar-refractivity contribution is -0.137. The number of benzene rings is 2. The van der Waals surface area contributed by atoms with Crippen molar-refractivity contribution in [2.75, 3.05) is 31.1 Å². The van der Waals surface area contributed by atoms with E-state index >= 15 is 0 Å². The van der Waals surface area contributed by atoms with Crippen molar-refractivity contribution in [3.8, 4) is 0 Å². The third-order valence-electron chi connectivity index (χ3n) is 6.59. The van der Waals surface area contributed by atoms with Gasteiger partial charge in [0, 0.05) is 56.9 Å². The number of imidazole rings is 1. The summed E-state index contributed by atoms with van der Waals surface area (Å²) in [4.78, 5) is 21.3. The molecule has 5 nitrogen and oxygen atoms in total. The fourth-order valence-corrected chi connectivity index (χ4v) is 4.75. The second-order valence-electron chi connectivity index (χ2n) is 8.67. The van der Waals surface area contributed by atoms with Gasteiger partial charge in [0.05, 0.1) is 5.56 Å². The van der Waals surface area contributed by atoms with E-state index in [1.165, 1.54) is 17.7 Å². The number of fused-ring (bicyclic) bond motifs is 1. The second-order valence-corrected chi connectivity index (χ2v) is 8.67. The summed E-state index contributed by atoms with van der Waals surface area (Å²) in [5.74, 6) is 1.23. The molecule has 2 aliphatic rings. The third kappa shape index (κ3) is 4.47. The average Bonchev–Trinajstić information content (AvgIpc) is 3.27. The summed E-state index contributed by atoms with van der Waals surface area (Å²) in [6.07, 6.45) is -0.681. The molecular weight excluding hydrogens is 429 g/mol. The monoisotopic (exact) mass is 454 g/mol. The molecule has 0 N–H and O–H groups in total. The number of alkyl halides is 3. The minimum atomic E-state index is -4.37. The molecule has 8 heteroatoms. The number of piperazine rings is 1. The first-order valence-corrected chi connectivity index (χ1v) is 11.2. The molecule has 0 bridgehead atoms. The van der Waals surface area contributed by atoms with E-state index in [0.29, 0.717) is 43.5 Å². The Balaban J connectivity index is 1.23. The molecule has 1 amide bonds. The summed E-state index contributed by atoms with van der Waals surface area (Å²) in [6.45, 7) is 2.67. The first kappa shape index (κ1) is 21.6. The molecule has 3 aromatic rings. The minimum absolute atomic E-state index is 0.114. The second kappa shape index (κ2) is 8.57. The lowest BCUT2D eigenvalue weighted by Gasteiger charge is -2.36. The van der Waals surface area contributed by atoms with Crippen LogP contribution >= 0.6 is 0 Å². The van der Waals surface area contributed by atoms with Gasteiger partial charge in [-0.25, -0.2) is 4.98 Å². The molecule has 2 aromatic carbocycles. The van der Waals surface area contributed by atoms with Crippen LogP contribution in [0.15, 0.2) is 60.8 Å². The number of anilines is 1. The zero-order chi connectivity index (χ0) is 23.0. The van der Waals surface area contributed by atoms with Crippen molar-refractivity contribution in [2.45, 2.75) is 31.5 Å². The Morgan fingerprint density at radius 1 is 0.970 bits per heavy atom. The Morgan fingerprint density at radius 2 is 1.73 bits per heavy atom. The Hall–Kier alpha value is -3.29. The molecule has 2 aliphatic heterocycles. The van der Waals surface area contributed by atoms with E-state index < -0.39 is 11.7 Å². The van der Waals surface area contributed by atoms with Crippen LogP contribution in [0.2, 0.25) is 0 Å². The number of nitrogens with zero attached hydrogens (tertiary/aromatic N) is 4. The van der Waals surface area contributed by atoms with E-state index in [2.05, 4.69) is 21.7 Å². The molecule has 1 saturated heterocycles. The third-order valence-corrected chi connectivity index (χ3v) is 6.59. The van der Waals surface area contributed by atoms with Crippen LogP contribution < -0.4 is 4.90 Å². The number of carbonyl (C=O) groups is 1. The van der Waals surface area contributed by atoms with Crippen molar-refractivity contribution in [1.29, 1.82) is 0 Å². The summed E-state index contributed by atoms with van der Waals surface area (Å²) in [7, 11) is 0. The van der Waals surface area contributed by atoms with Gasteiger partial charge in [0.15, 0.2) is 0 Å². The lowest BCUT2D eigenvalue weighted by atomic mass is 9.92. The lowest BCUT2D eigenvalue weighted by Crippen LogP contribution is -2.49. The predicted octanol–water partition coefficient (Wildman–Crippen LogP) is 4.59. The largest absolute Gasteiger partial charge is 0.416 e. The van der Waals surface area contributed by atoms with E-state index in [4.69, 9.17) is 0 Å². The van der Waals surface area contributed by atoms with Gasteiger partial charge in [0.1, 0.15) is 11.5 Å². The topological polar surface area (TPSA) is 41.4 Å². The summed E-state index contributed by atoms with van der Waals surface area (Å²) in [5, 5.41) is 0. The van der Waals surface area contributed by atoms with Crippen LogP contribution in [0.1, 0.15) is 39.8 Å². The van der Waals surface area contributed by atoms with Crippen molar-refractivity contribution < 1.29 is 18.0 Å². The van der Waals surface area contributed by atoms with E-state index in [9.17, 15) is 18.0 Å². The number of aryl methyl sites for hydroxylation is 1. The van der Waals surface area contributed by atoms with E-state index in [1.54, 1.807) is 11.0 Å². The molecule has 1 atom stereocenters. The highest BCUT2D eigenvalue weighted by atomic mass is 19.4. The van der Waals surface area contributed by atoms with Crippen LogP contribution in [0.3, 0.4) is 0 Å². The van der Waals surface area contributed by atoms with Gasteiger partial charge < -0.3 is 14.4 Å².